The van der Waals surface area contributed by atoms with Gasteiger partial charge in [0.25, 0.3) is 0 Å². The first-order chi connectivity index (χ1) is 9.69. The summed E-state index contributed by atoms with van der Waals surface area (Å²) in [5.41, 5.74) is 1.88. The number of halogens is 1. The van der Waals surface area contributed by atoms with Crippen molar-refractivity contribution in [1.29, 1.82) is 10.5 Å². The number of nitriles is 2. The van der Waals surface area contributed by atoms with E-state index in [-0.39, 0.29) is 11.1 Å². The average Bonchev–Trinajstić information content (AvgIpc) is 2.51. The zero-order valence-electron chi connectivity index (χ0n) is 11.7. The second-order valence-electron chi connectivity index (χ2n) is 3.89. The first-order valence-corrected chi connectivity index (χ1v) is 6.37. The predicted molar refractivity (Wildman–Crippen MR) is 77.4 cm³/mol. The van der Waals surface area contributed by atoms with Gasteiger partial charge in [-0.1, -0.05) is 44.2 Å². The Morgan fingerprint density at radius 2 is 1.60 bits per heavy atom. The number of hydrogen-bond donors (Lipinski definition) is 0. The summed E-state index contributed by atoms with van der Waals surface area (Å²) in [4.78, 5) is 0. The van der Waals surface area contributed by atoms with E-state index in [4.69, 9.17) is 10.5 Å². The van der Waals surface area contributed by atoms with Crippen LogP contribution in [0.5, 0.6) is 0 Å². The topological polar surface area (TPSA) is 47.6 Å². The maximum Gasteiger partial charge on any atom is 0.159 e. The molecule has 20 heavy (non-hydrogen) atoms. The maximum atomic E-state index is 14.0. The summed E-state index contributed by atoms with van der Waals surface area (Å²) in [6.07, 6.45) is 0. The lowest BCUT2D eigenvalue weighted by Crippen LogP contribution is -1.97. The molecule has 0 aliphatic heterocycles. The van der Waals surface area contributed by atoms with Crippen LogP contribution in [0.25, 0.3) is 11.1 Å². The zero-order chi connectivity index (χ0) is 15.1. The monoisotopic (exact) mass is 266 g/mol. The first kappa shape index (κ1) is 15.4. The standard InChI is InChI=1S/C15H9FN2.C2H6/c1-10-7-12(8-17)15(16)13(9-18)14(10)11-5-3-2-4-6-11;1-2/h2-7H,1H3;1-2H3. The number of rotatable bonds is 1. The molecule has 0 fully saturated rings. The molecule has 0 saturated heterocycles. The molecule has 0 aliphatic carbocycles. The minimum atomic E-state index is -0.746. The molecular weight excluding hydrogens is 251 g/mol. The summed E-state index contributed by atoms with van der Waals surface area (Å²) in [5.74, 6) is -0.746. The van der Waals surface area contributed by atoms with E-state index >= 15 is 0 Å². The first-order valence-electron chi connectivity index (χ1n) is 6.37. The van der Waals surface area contributed by atoms with Crippen LogP contribution >= 0.6 is 0 Å². The molecule has 0 bridgehead atoms. The molecule has 0 aromatic heterocycles. The smallest absolute Gasteiger partial charge is 0.159 e. The number of aryl methyl sites for hydroxylation is 1. The molecule has 0 aliphatic rings. The van der Waals surface area contributed by atoms with Crippen LogP contribution in [-0.2, 0) is 0 Å². The van der Waals surface area contributed by atoms with E-state index in [1.807, 2.05) is 50.2 Å². The fourth-order valence-electron chi connectivity index (χ4n) is 1.96. The van der Waals surface area contributed by atoms with Crippen LogP contribution in [0.2, 0.25) is 0 Å². The van der Waals surface area contributed by atoms with Gasteiger partial charge in [0.05, 0.1) is 11.1 Å². The Bertz CT molecular complexity index is 677. The lowest BCUT2D eigenvalue weighted by atomic mass is 9.93. The summed E-state index contributed by atoms with van der Waals surface area (Å²) in [5, 5.41) is 17.9. The molecule has 0 spiro atoms. The van der Waals surface area contributed by atoms with Crippen molar-refractivity contribution in [2.75, 3.05) is 0 Å². The van der Waals surface area contributed by atoms with Crippen molar-refractivity contribution >= 4 is 0 Å². The molecule has 0 N–H and O–H groups in total. The van der Waals surface area contributed by atoms with Crippen molar-refractivity contribution < 1.29 is 4.39 Å². The molecule has 0 unspecified atom stereocenters. The summed E-state index contributed by atoms with van der Waals surface area (Å²) in [6.45, 7) is 5.77. The molecule has 0 saturated carbocycles. The van der Waals surface area contributed by atoms with Crippen molar-refractivity contribution in [1.82, 2.24) is 0 Å². The van der Waals surface area contributed by atoms with Crippen molar-refractivity contribution in [2.45, 2.75) is 20.8 Å². The van der Waals surface area contributed by atoms with Crippen LogP contribution in [0.4, 0.5) is 4.39 Å². The van der Waals surface area contributed by atoms with Gasteiger partial charge in [-0.2, -0.15) is 10.5 Å². The third kappa shape index (κ3) is 2.84. The summed E-state index contributed by atoms with van der Waals surface area (Å²) < 4.78 is 14.0. The van der Waals surface area contributed by atoms with Crippen LogP contribution in [0.15, 0.2) is 36.4 Å². The highest BCUT2D eigenvalue weighted by molar-refractivity contribution is 5.75. The van der Waals surface area contributed by atoms with E-state index in [1.165, 1.54) is 6.07 Å². The normalized spacial score (nSPS) is 8.90. The molecule has 3 heteroatoms. The van der Waals surface area contributed by atoms with Gasteiger partial charge in [-0.15, -0.1) is 0 Å². The van der Waals surface area contributed by atoms with Crippen LogP contribution in [0.1, 0.15) is 30.5 Å². The average molecular weight is 266 g/mol. The maximum absolute atomic E-state index is 14.0. The van der Waals surface area contributed by atoms with Gasteiger partial charge >= 0.3 is 0 Å². The van der Waals surface area contributed by atoms with Crippen LogP contribution in [0, 0.1) is 35.4 Å². The van der Waals surface area contributed by atoms with Crippen molar-refractivity contribution in [3.63, 3.8) is 0 Å². The largest absolute Gasteiger partial charge is 0.204 e. The van der Waals surface area contributed by atoms with E-state index in [2.05, 4.69) is 0 Å². The van der Waals surface area contributed by atoms with E-state index in [1.54, 1.807) is 13.0 Å². The third-order valence-electron chi connectivity index (χ3n) is 2.76. The van der Waals surface area contributed by atoms with E-state index in [0.29, 0.717) is 5.56 Å². The second-order valence-corrected chi connectivity index (χ2v) is 3.89. The van der Waals surface area contributed by atoms with E-state index in [0.717, 1.165) is 11.1 Å². The van der Waals surface area contributed by atoms with E-state index in [9.17, 15) is 4.39 Å². The van der Waals surface area contributed by atoms with Crippen molar-refractivity contribution in [2.24, 2.45) is 0 Å². The third-order valence-corrected chi connectivity index (χ3v) is 2.76. The highest BCUT2D eigenvalue weighted by Crippen LogP contribution is 2.30. The molecule has 0 heterocycles. The summed E-state index contributed by atoms with van der Waals surface area (Å²) >= 11 is 0. The second kappa shape index (κ2) is 7.07. The van der Waals surface area contributed by atoms with Gasteiger partial charge in [-0.05, 0) is 24.1 Å². The lowest BCUT2D eigenvalue weighted by molar-refractivity contribution is 0.620. The molecule has 0 amide bonds. The Kier molecular flexibility index (Phi) is 5.44. The highest BCUT2D eigenvalue weighted by atomic mass is 19.1. The molecule has 2 aromatic rings. The lowest BCUT2D eigenvalue weighted by Gasteiger charge is -2.10. The van der Waals surface area contributed by atoms with Gasteiger partial charge in [0, 0.05) is 5.56 Å². The fraction of sp³-hybridized carbons (Fsp3) is 0.176. The van der Waals surface area contributed by atoms with Gasteiger partial charge in [0.1, 0.15) is 12.1 Å². The van der Waals surface area contributed by atoms with Crippen molar-refractivity contribution in [3.8, 4) is 23.3 Å². The van der Waals surface area contributed by atoms with Gasteiger partial charge in [-0.25, -0.2) is 4.39 Å². The Morgan fingerprint density at radius 3 is 2.10 bits per heavy atom. The molecule has 2 nitrogen and oxygen atoms in total. The molecule has 2 rings (SSSR count). The Morgan fingerprint density at radius 1 is 1.00 bits per heavy atom. The molecule has 0 radical (unpaired) electrons. The van der Waals surface area contributed by atoms with E-state index < -0.39 is 5.82 Å². The number of nitrogens with zero attached hydrogens (tertiary/aromatic N) is 2. The predicted octanol–water partition coefficient (Wildman–Crippen LogP) is 4.57. The number of hydrogen-bond acceptors (Lipinski definition) is 2. The van der Waals surface area contributed by atoms with Gasteiger partial charge in [0.2, 0.25) is 0 Å². The van der Waals surface area contributed by atoms with Gasteiger partial charge in [0.15, 0.2) is 5.82 Å². The summed E-state index contributed by atoms with van der Waals surface area (Å²) in [6, 6.07) is 14.2. The Labute approximate surface area is 118 Å². The SMILES string of the molecule is CC.Cc1cc(C#N)c(F)c(C#N)c1-c1ccccc1. The molecule has 100 valence electrons. The van der Waals surface area contributed by atoms with Crippen LogP contribution < -0.4 is 0 Å². The summed E-state index contributed by atoms with van der Waals surface area (Å²) in [7, 11) is 0. The van der Waals surface area contributed by atoms with Gasteiger partial charge < -0.3 is 0 Å². The molecular formula is C17H15FN2. The van der Waals surface area contributed by atoms with Crippen LogP contribution in [-0.4, -0.2) is 0 Å². The highest BCUT2D eigenvalue weighted by Gasteiger charge is 2.17. The minimum Gasteiger partial charge on any atom is -0.204 e. The van der Waals surface area contributed by atoms with Crippen molar-refractivity contribution in [3.05, 3.63) is 58.9 Å². The van der Waals surface area contributed by atoms with Crippen LogP contribution in [0.3, 0.4) is 0 Å². The zero-order valence-corrected chi connectivity index (χ0v) is 11.7. The Hall–Kier alpha value is -2.65. The number of benzene rings is 2. The Balaban J connectivity index is 0.000000956. The quantitative estimate of drug-likeness (QED) is 0.759. The van der Waals surface area contributed by atoms with Gasteiger partial charge in [-0.3, -0.25) is 0 Å². The fourth-order valence-corrected chi connectivity index (χ4v) is 1.96. The minimum absolute atomic E-state index is 0.0715. The molecule has 2 aromatic carbocycles. The molecule has 0 atom stereocenters.